The number of ether oxygens (including phenoxy) is 1. The molecular formula is C13H13BFNO3. The van der Waals surface area contributed by atoms with Crippen LogP contribution < -0.4 is 10.2 Å². The molecule has 2 N–H and O–H groups in total. The maximum absolute atomic E-state index is 13.1. The van der Waals surface area contributed by atoms with E-state index in [9.17, 15) is 4.39 Å². The van der Waals surface area contributed by atoms with Gasteiger partial charge in [0.15, 0.2) is 0 Å². The van der Waals surface area contributed by atoms with Crippen molar-refractivity contribution in [1.82, 2.24) is 4.98 Å². The normalized spacial score (nSPS) is 10.3. The molecule has 0 bridgehead atoms. The van der Waals surface area contributed by atoms with E-state index in [4.69, 9.17) is 14.8 Å². The third-order valence-electron chi connectivity index (χ3n) is 2.60. The first-order valence-electron chi connectivity index (χ1n) is 5.85. The Hall–Kier alpha value is -1.92. The number of rotatable bonds is 5. The van der Waals surface area contributed by atoms with Gasteiger partial charge in [-0.25, -0.2) is 4.39 Å². The highest BCUT2D eigenvalue weighted by atomic mass is 19.1. The zero-order chi connectivity index (χ0) is 13.7. The van der Waals surface area contributed by atoms with Gasteiger partial charge in [0.25, 0.3) is 0 Å². The number of hydrogen-bond donors (Lipinski definition) is 2. The Labute approximate surface area is 110 Å². The molecule has 4 nitrogen and oxygen atoms in total. The second kappa shape index (κ2) is 6.31. The molecule has 0 unspecified atom stereocenters. The zero-order valence-electron chi connectivity index (χ0n) is 10.2. The number of halogens is 1. The summed E-state index contributed by atoms with van der Waals surface area (Å²) in [4.78, 5) is 4.13. The van der Waals surface area contributed by atoms with Crippen LogP contribution in [-0.2, 0) is 6.42 Å². The topological polar surface area (TPSA) is 62.6 Å². The second-order valence-electron chi connectivity index (χ2n) is 3.98. The maximum Gasteiger partial charge on any atom is 0.492 e. The predicted octanol–water partition coefficient (Wildman–Crippen LogP) is 0.522. The van der Waals surface area contributed by atoms with Crippen LogP contribution in [0.2, 0.25) is 0 Å². The van der Waals surface area contributed by atoms with Crippen LogP contribution in [0.15, 0.2) is 42.6 Å². The fraction of sp³-hybridized carbons (Fsp3) is 0.154. The fourth-order valence-corrected chi connectivity index (χ4v) is 1.66. The standard InChI is InChI=1S/C13H13BFNO3/c15-10-4-5-12(14(17)18)13(9-10)19-8-6-11-3-1-2-7-16-11/h1-5,7,9,17-18H,6,8H2. The highest BCUT2D eigenvalue weighted by molar-refractivity contribution is 6.59. The van der Waals surface area contributed by atoms with Gasteiger partial charge in [-0.15, -0.1) is 0 Å². The Morgan fingerprint density at radius 1 is 1.21 bits per heavy atom. The lowest BCUT2D eigenvalue weighted by atomic mass is 9.79. The van der Waals surface area contributed by atoms with Crippen LogP contribution in [0, 0.1) is 5.82 Å². The van der Waals surface area contributed by atoms with Gasteiger partial charge in [-0.05, 0) is 18.2 Å². The first-order valence-corrected chi connectivity index (χ1v) is 5.85. The van der Waals surface area contributed by atoms with Crippen molar-refractivity contribution in [3.8, 4) is 5.75 Å². The zero-order valence-corrected chi connectivity index (χ0v) is 10.2. The highest BCUT2D eigenvalue weighted by Crippen LogP contribution is 2.11. The molecule has 0 aliphatic rings. The first-order chi connectivity index (χ1) is 9.16. The van der Waals surface area contributed by atoms with Crippen LogP contribution >= 0.6 is 0 Å². The van der Waals surface area contributed by atoms with Gasteiger partial charge in [0.2, 0.25) is 0 Å². The molecule has 0 aliphatic carbocycles. The quantitative estimate of drug-likeness (QED) is 0.770. The smallest absolute Gasteiger partial charge is 0.492 e. The van der Waals surface area contributed by atoms with Crippen molar-refractivity contribution in [1.29, 1.82) is 0 Å². The van der Waals surface area contributed by atoms with E-state index in [1.165, 1.54) is 6.07 Å². The van der Waals surface area contributed by atoms with E-state index < -0.39 is 12.9 Å². The van der Waals surface area contributed by atoms with Gasteiger partial charge >= 0.3 is 7.12 Å². The van der Waals surface area contributed by atoms with Gasteiger partial charge < -0.3 is 14.8 Å². The van der Waals surface area contributed by atoms with Crippen molar-refractivity contribution in [2.45, 2.75) is 6.42 Å². The van der Waals surface area contributed by atoms with Crippen molar-refractivity contribution in [2.24, 2.45) is 0 Å². The lowest BCUT2D eigenvalue weighted by molar-refractivity contribution is 0.319. The summed E-state index contributed by atoms with van der Waals surface area (Å²) in [6.07, 6.45) is 2.23. The van der Waals surface area contributed by atoms with Gasteiger partial charge in [0.1, 0.15) is 11.6 Å². The minimum Gasteiger partial charge on any atom is -0.493 e. The molecule has 1 aromatic heterocycles. The van der Waals surface area contributed by atoms with Gasteiger partial charge in [-0.1, -0.05) is 12.1 Å². The highest BCUT2D eigenvalue weighted by Gasteiger charge is 2.17. The molecule has 0 saturated heterocycles. The van der Waals surface area contributed by atoms with Crippen LogP contribution in [0.25, 0.3) is 0 Å². The van der Waals surface area contributed by atoms with Crippen LogP contribution in [0.4, 0.5) is 4.39 Å². The number of pyridine rings is 1. The lowest BCUT2D eigenvalue weighted by Gasteiger charge is -2.11. The van der Waals surface area contributed by atoms with Crippen LogP contribution in [0.3, 0.4) is 0 Å². The number of benzene rings is 1. The molecule has 0 saturated carbocycles. The Morgan fingerprint density at radius 2 is 2.05 bits per heavy atom. The van der Waals surface area contributed by atoms with E-state index in [0.29, 0.717) is 6.42 Å². The first kappa shape index (κ1) is 13.5. The molecule has 1 heterocycles. The van der Waals surface area contributed by atoms with E-state index in [1.807, 2.05) is 18.2 Å². The fourth-order valence-electron chi connectivity index (χ4n) is 1.66. The average molecular weight is 261 g/mol. The third kappa shape index (κ3) is 3.77. The molecule has 1 aromatic carbocycles. The third-order valence-corrected chi connectivity index (χ3v) is 2.60. The Bertz CT molecular complexity index is 537. The molecule has 0 amide bonds. The average Bonchev–Trinajstić information content (AvgIpc) is 2.39. The van der Waals surface area contributed by atoms with E-state index in [0.717, 1.165) is 17.8 Å². The lowest BCUT2D eigenvalue weighted by Crippen LogP contribution is -2.31. The van der Waals surface area contributed by atoms with Gasteiger partial charge in [-0.3, -0.25) is 4.98 Å². The van der Waals surface area contributed by atoms with Crippen molar-refractivity contribution in [2.75, 3.05) is 6.61 Å². The van der Waals surface area contributed by atoms with Crippen LogP contribution in [0.5, 0.6) is 5.75 Å². The van der Waals surface area contributed by atoms with Crippen LogP contribution in [-0.4, -0.2) is 28.8 Å². The molecular weight excluding hydrogens is 248 g/mol. The Morgan fingerprint density at radius 3 is 2.74 bits per heavy atom. The summed E-state index contributed by atoms with van der Waals surface area (Å²) in [5, 5.41) is 18.3. The van der Waals surface area contributed by atoms with E-state index in [2.05, 4.69) is 4.98 Å². The Kier molecular flexibility index (Phi) is 4.49. The summed E-state index contributed by atoms with van der Waals surface area (Å²) in [5.41, 5.74) is 0.993. The summed E-state index contributed by atoms with van der Waals surface area (Å²) >= 11 is 0. The van der Waals surface area contributed by atoms with Gasteiger partial charge in [0, 0.05) is 29.8 Å². The molecule has 0 atom stereocenters. The van der Waals surface area contributed by atoms with E-state index in [1.54, 1.807) is 6.20 Å². The molecule has 2 aromatic rings. The van der Waals surface area contributed by atoms with Crippen molar-refractivity contribution < 1.29 is 19.2 Å². The van der Waals surface area contributed by atoms with E-state index in [-0.39, 0.29) is 17.8 Å². The second-order valence-corrected chi connectivity index (χ2v) is 3.98. The van der Waals surface area contributed by atoms with Crippen molar-refractivity contribution in [3.63, 3.8) is 0 Å². The summed E-state index contributed by atoms with van der Waals surface area (Å²) in [5.74, 6) is -0.358. The summed E-state index contributed by atoms with van der Waals surface area (Å²) < 4.78 is 18.5. The molecule has 0 aliphatic heterocycles. The number of nitrogens with zero attached hydrogens (tertiary/aromatic N) is 1. The van der Waals surface area contributed by atoms with Crippen LogP contribution in [0.1, 0.15) is 5.69 Å². The minimum atomic E-state index is -1.69. The molecule has 0 fully saturated rings. The van der Waals surface area contributed by atoms with Crippen molar-refractivity contribution in [3.05, 3.63) is 54.1 Å². The van der Waals surface area contributed by atoms with Gasteiger partial charge in [-0.2, -0.15) is 0 Å². The number of aromatic nitrogens is 1. The summed E-state index contributed by atoms with van der Waals surface area (Å²) in [6.45, 7) is 0.278. The maximum atomic E-state index is 13.1. The van der Waals surface area contributed by atoms with Crippen molar-refractivity contribution >= 4 is 12.6 Å². The predicted molar refractivity (Wildman–Crippen MR) is 69.7 cm³/mol. The minimum absolute atomic E-state index is 0.130. The largest absolute Gasteiger partial charge is 0.493 e. The van der Waals surface area contributed by atoms with E-state index >= 15 is 0 Å². The molecule has 2 rings (SSSR count). The molecule has 19 heavy (non-hydrogen) atoms. The number of hydrogen-bond acceptors (Lipinski definition) is 4. The molecule has 98 valence electrons. The summed E-state index contributed by atoms with van der Waals surface area (Å²) in [6, 6.07) is 9.12. The molecule has 6 heteroatoms. The molecule has 0 spiro atoms. The SMILES string of the molecule is OB(O)c1ccc(F)cc1OCCc1ccccn1. The Balaban J connectivity index is 2.01. The molecule has 0 radical (unpaired) electrons. The van der Waals surface area contributed by atoms with Gasteiger partial charge in [0.05, 0.1) is 6.61 Å². The summed E-state index contributed by atoms with van der Waals surface area (Å²) in [7, 11) is -1.69. The monoisotopic (exact) mass is 261 g/mol.